The van der Waals surface area contributed by atoms with Crippen LogP contribution in [0, 0.1) is 23.2 Å². The van der Waals surface area contributed by atoms with Crippen LogP contribution in [0.15, 0.2) is 24.3 Å². The van der Waals surface area contributed by atoms with Gasteiger partial charge in [-0.2, -0.15) is 0 Å². The lowest BCUT2D eigenvalue weighted by Crippen LogP contribution is -2.56. The first kappa shape index (κ1) is 18.5. The van der Waals surface area contributed by atoms with E-state index in [4.69, 9.17) is 16.3 Å². The smallest absolute Gasteiger partial charge is 0.329 e. The number of carbonyl (C=O) groups excluding carboxylic acids is 2. The molecule has 0 radical (unpaired) electrons. The Hall–Kier alpha value is -1.55. The Morgan fingerprint density at radius 1 is 1.04 bits per heavy atom. The topological polar surface area (TPSA) is 46.6 Å². The van der Waals surface area contributed by atoms with Crippen molar-refractivity contribution in [2.45, 2.75) is 64.0 Å². The van der Waals surface area contributed by atoms with E-state index < -0.39 is 6.04 Å². The molecule has 0 N–H and O–H groups in total. The Bertz CT molecular complexity index is 739. The molecule has 0 spiro atoms. The van der Waals surface area contributed by atoms with Crippen molar-refractivity contribution in [3.8, 4) is 0 Å². The van der Waals surface area contributed by atoms with E-state index in [1.54, 1.807) is 12.1 Å². The predicted octanol–water partition coefficient (Wildman–Crippen LogP) is 4.59. The van der Waals surface area contributed by atoms with Crippen LogP contribution in [0.25, 0.3) is 0 Å². The van der Waals surface area contributed by atoms with Gasteiger partial charge in [-0.3, -0.25) is 4.79 Å². The maximum absolute atomic E-state index is 13.6. The summed E-state index contributed by atoms with van der Waals surface area (Å²) in [6.45, 7) is 0.924. The largest absolute Gasteiger partial charge is 0.459 e. The normalized spacial score (nSPS) is 36.0. The molecule has 1 unspecified atom stereocenters. The van der Waals surface area contributed by atoms with Gasteiger partial charge < -0.3 is 9.64 Å². The van der Waals surface area contributed by atoms with E-state index in [2.05, 4.69) is 0 Å². The van der Waals surface area contributed by atoms with Crippen molar-refractivity contribution in [3.05, 3.63) is 34.9 Å². The molecule has 1 aromatic carbocycles. The molecule has 6 rings (SSSR count). The number of esters is 1. The van der Waals surface area contributed by atoms with E-state index in [9.17, 15) is 9.59 Å². The van der Waals surface area contributed by atoms with Gasteiger partial charge in [0, 0.05) is 11.6 Å². The van der Waals surface area contributed by atoms with Gasteiger partial charge in [0.15, 0.2) is 0 Å². The minimum absolute atomic E-state index is 0.187. The third-order valence-electron chi connectivity index (χ3n) is 7.57. The van der Waals surface area contributed by atoms with Crippen LogP contribution in [0.1, 0.15) is 56.9 Å². The van der Waals surface area contributed by atoms with E-state index >= 15 is 0 Å². The zero-order valence-electron chi connectivity index (χ0n) is 16.2. The zero-order chi connectivity index (χ0) is 19.3. The molecule has 5 fully saturated rings. The van der Waals surface area contributed by atoms with Crippen LogP contribution >= 0.6 is 11.6 Å². The number of nitrogens with zero attached hydrogens (tertiary/aromatic N) is 1. The van der Waals surface area contributed by atoms with Gasteiger partial charge in [0.1, 0.15) is 12.6 Å². The molecule has 150 valence electrons. The number of ether oxygens (including phenoxy) is 1. The lowest BCUT2D eigenvalue weighted by atomic mass is 9.49. The van der Waals surface area contributed by atoms with Crippen molar-refractivity contribution in [2.75, 3.05) is 6.54 Å². The Morgan fingerprint density at radius 3 is 2.25 bits per heavy atom. The molecule has 4 aliphatic carbocycles. The number of hydrogen-bond donors (Lipinski definition) is 0. The number of halogens is 1. The summed E-state index contributed by atoms with van der Waals surface area (Å²) in [4.78, 5) is 28.3. The molecule has 28 heavy (non-hydrogen) atoms. The lowest BCUT2D eigenvalue weighted by Gasteiger charge is -2.56. The van der Waals surface area contributed by atoms with Gasteiger partial charge in [-0.15, -0.1) is 0 Å². The molecule has 1 amide bonds. The van der Waals surface area contributed by atoms with E-state index in [0.717, 1.165) is 55.4 Å². The van der Waals surface area contributed by atoms with E-state index in [-0.39, 0.29) is 23.9 Å². The first-order valence-electron chi connectivity index (χ1n) is 10.7. The fourth-order valence-electron chi connectivity index (χ4n) is 6.76. The molecule has 5 heteroatoms. The average Bonchev–Trinajstić information content (AvgIpc) is 3.15. The second-order valence-corrected chi connectivity index (χ2v) is 10.0. The number of hydrogen-bond acceptors (Lipinski definition) is 3. The fraction of sp³-hybridized carbons (Fsp3) is 0.652. The van der Waals surface area contributed by atoms with Crippen LogP contribution in [-0.2, 0) is 20.9 Å². The van der Waals surface area contributed by atoms with Gasteiger partial charge in [-0.1, -0.05) is 23.7 Å². The number of rotatable bonds is 4. The van der Waals surface area contributed by atoms with Crippen LogP contribution in [-0.4, -0.2) is 29.4 Å². The third kappa shape index (κ3) is 3.24. The summed E-state index contributed by atoms with van der Waals surface area (Å²) in [5.74, 6) is 2.18. The van der Waals surface area contributed by atoms with Crippen molar-refractivity contribution in [2.24, 2.45) is 23.2 Å². The summed E-state index contributed by atoms with van der Waals surface area (Å²) in [6, 6.07) is 6.91. The monoisotopic (exact) mass is 401 g/mol. The summed E-state index contributed by atoms with van der Waals surface area (Å²) in [5, 5.41) is 0.665. The predicted molar refractivity (Wildman–Crippen MR) is 107 cm³/mol. The molecule has 1 aliphatic heterocycles. The van der Waals surface area contributed by atoms with Crippen LogP contribution in [0.5, 0.6) is 0 Å². The first-order chi connectivity index (χ1) is 13.5. The van der Waals surface area contributed by atoms with Crippen LogP contribution < -0.4 is 0 Å². The van der Waals surface area contributed by atoms with E-state index in [1.807, 2.05) is 17.0 Å². The van der Waals surface area contributed by atoms with Crippen LogP contribution in [0.4, 0.5) is 0 Å². The fourth-order valence-corrected chi connectivity index (χ4v) is 6.89. The molecule has 1 heterocycles. The molecule has 4 nitrogen and oxygen atoms in total. The SMILES string of the molecule is O=C(OCc1ccc(Cl)cc1)C1CCCN1C(=O)C12CC3CC(CC(C3)C1)C2. The highest BCUT2D eigenvalue weighted by Crippen LogP contribution is 2.60. The van der Waals surface area contributed by atoms with Gasteiger partial charge in [-0.25, -0.2) is 4.79 Å². The standard InChI is InChI=1S/C23H28ClNO3/c24-19-5-3-15(4-6-19)14-28-21(26)20-2-1-7-25(20)22(27)23-11-16-8-17(12-23)10-18(9-16)13-23/h3-6,16-18,20H,1-2,7-14H2. The van der Waals surface area contributed by atoms with E-state index in [1.165, 1.54) is 19.3 Å². The van der Waals surface area contributed by atoms with Crippen molar-refractivity contribution < 1.29 is 14.3 Å². The van der Waals surface area contributed by atoms with Crippen molar-refractivity contribution in [3.63, 3.8) is 0 Å². The maximum atomic E-state index is 13.6. The highest BCUT2D eigenvalue weighted by molar-refractivity contribution is 6.30. The third-order valence-corrected chi connectivity index (χ3v) is 7.82. The minimum Gasteiger partial charge on any atom is -0.459 e. The molecule has 5 aliphatic rings. The quantitative estimate of drug-likeness (QED) is 0.693. The van der Waals surface area contributed by atoms with E-state index in [0.29, 0.717) is 11.6 Å². The Balaban J connectivity index is 1.26. The number of likely N-dealkylation sites (tertiary alicyclic amines) is 1. The summed E-state index contributed by atoms with van der Waals surface area (Å²) < 4.78 is 5.58. The Kier molecular flexibility index (Phi) is 4.65. The summed E-state index contributed by atoms with van der Waals surface area (Å²) in [7, 11) is 0. The molecule has 1 saturated heterocycles. The van der Waals surface area contributed by atoms with Crippen molar-refractivity contribution in [1.82, 2.24) is 4.90 Å². The first-order valence-corrected chi connectivity index (χ1v) is 11.1. The van der Waals surface area contributed by atoms with Gasteiger partial charge in [0.25, 0.3) is 0 Å². The lowest BCUT2D eigenvalue weighted by molar-refractivity contribution is -0.166. The highest BCUT2D eigenvalue weighted by Gasteiger charge is 2.56. The molecule has 4 bridgehead atoms. The average molecular weight is 402 g/mol. The van der Waals surface area contributed by atoms with Gasteiger partial charge in [-0.05, 0) is 86.8 Å². The van der Waals surface area contributed by atoms with Crippen LogP contribution in [0.2, 0.25) is 5.02 Å². The summed E-state index contributed by atoms with van der Waals surface area (Å²) >= 11 is 5.91. The molecule has 1 aromatic rings. The number of amides is 1. The number of benzene rings is 1. The molecule has 1 atom stereocenters. The molecular formula is C23H28ClNO3. The van der Waals surface area contributed by atoms with Gasteiger partial charge in [0.05, 0.1) is 5.41 Å². The summed E-state index contributed by atoms with van der Waals surface area (Å²) in [6.07, 6.45) is 8.69. The molecular weight excluding hydrogens is 374 g/mol. The highest BCUT2D eigenvalue weighted by atomic mass is 35.5. The Labute approximate surface area is 171 Å². The van der Waals surface area contributed by atoms with Gasteiger partial charge >= 0.3 is 5.97 Å². The Morgan fingerprint density at radius 2 is 1.64 bits per heavy atom. The second-order valence-electron chi connectivity index (χ2n) is 9.59. The molecule has 0 aromatic heterocycles. The summed E-state index contributed by atoms with van der Waals surface area (Å²) in [5.41, 5.74) is 0.725. The number of carbonyl (C=O) groups is 2. The second kappa shape index (κ2) is 7.05. The molecule has 4 saturated carbocycles. The maximum Gasteiger partial charge on any atom is 0.329 e. The zero-order valence-corrected chi connectivity index (χ0v) is 17.0. The minimum atomic E-state index is -0.409. The van der Waals surface area contributed by atoms with Crippen molar-refractivity contribution in [1.29, 1.82) is 0 Å². The van der Waals surface area contributed by atoms with Gasteiger partial charge in [0.2, 0.25) is 5.91 Å². The van der Waals surface area contributed by atoms with Crippen LogP contribution in [0.3, 0.4) is 0 Å². The van der Waals surface area contributed by atoms with Crippen molar-refractivity contribution >= 4 is 23.5 Å².